The van der Waals surface area contributed by atoms with Crippen molar-refractivity contribution in [3.05, 3.63) is 59.3 Å². The number of benzene rings is 1. The van der Waals surface area contributed by atoms with Gasteiger partial charge in [0.25, 0.3) is 0 Å². The van der Waals surface area contributed by atoms with Gasteiger partial charge in [-0.25, -0.2) is 9.37 Å². The highest BCUT2D eigenvalue weighted by atomic mass is 32.1. The Morgan fingerprint density at radius 3 is 2.66 bits per heavy atom. The maximum Gasteiger partial charge on any atom is 0.249 e. The minimum atomic E-state index is -0.850. The van der Waals surface area contributed by atoms with Gasteiger partial charge in [0.1, 0.15) is 17.5 Å². The second-order valence-corrected chi connectivity index (χ2v) is 7.64. The number of hydrogen-bond donors (Lipinski definition) is 3. The van der Waals surface area contributed by atoms with Crippen LogP contribution >= 0.6 is 13.5 Å². The number of nitrogens with one attached hydrogen (secondary N) is 2. The number of fused-ring (bicyclic) bond motifs is 1. The summed E-state index contributed by atoms with van der Waals surface area (Å²) in [5.41, 5.74) is 3.06. The van der Waals surface area contributed by atoms with Crippen LogP contribution in [0.25, 0.3) is 0 Å². The number of carbonyl (C=O) groups excluding carboxylic acids is 1. The molecule has 3 aromatic rings. The molecule has 3 N–H and O–H groups in total. The molecule has 11 heteroatoms. The second kappa shape index (κ2) is 9.53. The van der Waals surface area contributed by atoms with Crippen LogP contribution in [0.15, 0.2) is 36.7 Å². The molecule has 1 amide bonds. The standard InChI is InChI=1S/C21H24FN7O2.H2S/c1-12-17-19(28(3)18(13(2)30)20(31)26-17)27-21(25-12)23-8-15-9-24-29(11-15)10-14-4-6-16(22)7-5-14;/h4-7,9,11,13,18,30H,8,10H2,1-3H3,(H,26,31)(H,23,25,27);1H2/t13?,18-;/m0./s1. The molecule has 9 nitrogen and oxygen atoms in total. The quantitative estimate of drug-likeness (QED) is 0.518. The number of likely N-dealkylation sites (N-methyl/N-ethyl adjacent to an activating group) is 1. The number of nitrogens with zero attached hydrogens (tertiary/aromatic N) is 5. The van der Waals surface area contributed by atoms with Gasteiger partial charge in [0.15, 0.2) is 5.82 Å². The van der Waals surface area contributed by atoms with Crippen LogP contribution in [0.2, 0.25) is 0 Å². The first-order chi connectivity index (χ1) is 14.8. The molecule has 3 heterocycles. The fourth-order valence-corrected chi connectivity index (χ4v) is 3.63. The van der Waals surface area contributed by atoms with Crippen molar-refractivity contribution < 1.29 is 14.3 Å². The molecule has 0 saturated heterocycles. The van der Waals surface area contributed by atoms with Crippen molar-refractivity contribution in [1.29, 1.82) is 0 Å². The number of aryl methyl sites for hydroxylation is 1. The van der Waals surface area contributed by atoms with E-state index < -0.39 is 12.1 Å². The number of halogens is 1. The summed E-state index contributed by atoms with van der Waals surface area (Å²) in [6.07, 6.45) is 2.80. The van der Waals surface area contributed by atoms with Gasteiger partial charge in [0.2, 0.25) is 11.9 Å². The lowest BCUT2D eigenvalue weighted by molar-refractivity contribution is -0.119. The summed E-state index contributed by atoms with van der Waals surface area (Å²) in [6.45, 7) is 4.36. The van der Waals surface area contributed by atoms with Crippen molar-refractivity contribution in [2.45, 2.75) is 39.1 Å². The normalized spacial score (nSPS) is 16.1. The largest absolute Gasteiger partial charge is 0.391 e. The summed E-state index contributed by atoms with van der Waals surface area (Å²) < 4.78 is 14.8. The maximum atomic E-state index is 13.1. The van der Waals surface area contributed by atoms with Crippen LogP contribution < -0.4 is 15.5 Å². The Hall–Kier alpha value is -3.18. The van der Waals surface area contributed by atoms with Gasteiger partial charge in [-0.1, -0.05) is 12.1 Å². The molecular formula is C21H26FN7O2S. The minimum absolute atomic E-state index is 0. The minimum Gasteiger partial charge on any atom is -0.391 e. The van der Waals surface area contributed by atoms with E-state index in [0.29, 0.717) is 36.2 Å². The van der Waals surface area contributed by atoms with Crippen LogP contribution in [-0.4, -0.2) is 50.0 Å². The Kier molecular flexibility index (Phi) is 6.99. The Morgan fingerprint density at radius 1 is 1.25 bits per heavy atom. The zero-order chi connectivity index (χ0) is 22.1. The fraction of sp³-hybridized carbons (Fsp3) is 0.333. The van der Waals surface area contributed by atoms with Crippen molar-refractivity contribution in [1.82, 2.24) is 19.7 Å². The SMILES string of the molecule is Cc1nc(NCc2cnn(Cc3ccc(F)cc3)c2)nc2c1NC(=O)[C@H](C(C)O)N2C.S. The summed E-state index contributed by atoms with van der Waals surface area (Å²) in [5.74, 6) is 0.410. The van der Waals surface area contributed by atoms with E-state index in [9.17, 15) is 14.3 Å². The third-order valence-corrected chi connectivity index (χ3v) is 5.19. The number of carbonyl (C=O) groups is 1. The number of hydrogen-bond acceptors (Lipinski definition) is 7. The lowest BCUT2D eigenvalue weighted by Gasteiger charge is -2.36. The molecule has 0 aliphatic carbocycles. The van der Waals surface area contributed by atoms with E-state index in [1.807, 2.05) is 6.20 Å². The Balaban J connectivity index is 0.00000289. The molecule has 0 bridgehead atoms. The molecule has 2 atom stereocenters. The molecule has 170 valence electrons. The van der Waals surface area contributed by atoms with Gasteiger partial charge in [-0.2, -0.15) is 23.6 Å². The average molecular weight is 460 g/mol. The van der Waals surface area contributed by atoms with Gasteiger partial charge in [-0.3, -0.25) is 9.48 Å². The number of aromatic nitrogens is 4. The lowest BCUT2D eigenvalue weighted by Crippen LogP contribution is -2.52. The summed E-state index contributed by atoms with van der Waals surface area (Å²) in [6, 6.07) is 5.60. The van der Waals surface area contributed by atoms with E-state index >= 15 is 0 Å². The van der Waals surface area contributed by atoms with E-state index in [2.05, 4.69) is 25.7 Å². The highest BCUT2D eigenvalue weighted by Crippen LogP contribution is 2.33. The van der Waals surface area contributed by atoms with Gasteiger partial charge in [0, 0.05) is 25.4 Å². The third kappa shape index (κ3) is 4.83. The van der Waals surface area contributed by atoms with Crippen molar-refractivity contribution in [2.75, 3.05) is 22.6 Å². The van der Waals surface area contributed by atoms with Gasteiger partial charge in [0.05, 0.1) is 24.5 Å². The van der Waals surface area contributed by atoms with Crippen LogP contribution in [0.1, 0.15) is 23.7 Å². The first-order valence-electron chi connectivity index (χ1n) is 9.92. The maximum absolute atomic E-state index is 13.1. The van der Waals surface area contributed by atoms with Crippen molar-refractivity contribution in [3.63, 3.8) is 0 Å². The Bertz CT molecular complexity index is 1100. The summed E-state index contributed by atoms with van der Waals surface area (Å²) in [7, 11) is 1.73. The summed E-state index contributed by atoms with van der Waals surface area (Å²) in [5, 5.41) is 20.3. The van der Waals surface area contributed by atoms with E-state index in [-0.39, 0.29) is 25.2 Å². The third-order valence-electron chi connectivity index (χ3n) is 5.19. The van der Waals surface area contributed by atoms with Crippen LogP contribution in [0.3, 0.4) is 0 Å². The predicted octanol–water partition coefficient (Wildman–Crippen LogP) is 2.03. The van der Waals surface area contributed by atoms with Gasteiger partial charge in [-0.05, 0) is 31.5 Å². The first-order valence-corrected chi connectivity index (χ1v) is 9.92. The zero-order valence-corrected chi connectivity index (χ0v) is 19.0. The van der Waals surface area contributed by atoms with Gasteiger partial charge < -0.3 is 20.6 Å². The Morgan fingerprint density at radius 2 is 1.97 bits per heavy atom. The molecule has 1 aliphatic rings. The lowest BCUT2D eigenvalue weighted by atomic mass is 10.1. The highest BCUT2D eigenvalue weighted by Gasteiger charge is 2.36. The number of rotatable bonds is 6. The number of anilines is 3. The number of amides is 1. The van der Waals surface area contributed by atoms with Gasteiger partial charge >= 0.3 is 0 Å². The molecule has 0 saturated carbocycles. The predicted molar refractivity (Wildman–Crippen MR) is 125 cm³/mol. The molecular weight excluding hydrogens is 433 g/mol. The molecule has 1 aliphatic heterocycles. The average Bonchev–Trinajstić information content (AvgIpc) is 3.16. The summed E-state index contributed by atoms with van der Waals surface area (Å²) >= 11 is 0. The van der Waals surface area contributed by atoms with Gasteiger partial charge in [-0.15, -0.1) is 0 Å². The summed E-state index contributed by atoms with van der Waals surface area (Å²) in [4.78, 5) is 22.9. The van der Waals surface area contributed by atoms with E-state index in [4.69, 9.17) is 0 Å². The van der Waals surface area contributed by atoms with Crippen molar-refractivity contribution in [3.8, 4) is 0 Å². The monoisotopic (exact) mass is 459 g/mol. The van der Waals surface area contributed by atoms with E-state index in [1.165, 1.54) is 12.1 Å². The molecule has 32 heavy (non-hydrogen) atoms. The molecule has 2 aromatic heterocycles. The van der Waals surface area contributed by atoms with Crippen molar-refractivity contribution in [2.24, 2.45) is 0 Å². The smallest absolute Gasteiger partial charge is 0.249 e. The van der Waals surface area contributed by atoms with E-state index in [1.54, 1.807) is 48.8 Å². The molecule has 1 aromatic carbocycles. The number of aliphatic hydroxyl groups is 1. The van der Waals surface area contributed by atoms with Crippen LogP contribution in [0.4, 0.5) is 21.8 Å². The Labute approximate surface area is 192 Å². The molecule has 1 unspecified atom stereocenters. The molecule has 0 fully saturated rings. The molecule has 4 rings (SSSR count). The fourth-order valence-electron chi connectivity index (χ4n) is 3.63. The first kappa shape index (κ1) is 23.5. The number of aliphatic hydroxyl groups excluding tert-OH is 1. The van der Waals surface area contributed by atoms with Crippen LogP contribution in [0, 0.1) is 12.7 Å². The zero-order valence-electron chi connectivity index (χ0n) is 18.0. The van der Waals surface area contributed by atoms with Crippen LogP contribution in [0.5, 0.6) is 0 Å². The second-order valence-electron chi connectivity index (χ2n) is 7.64. The van der Waals surface area contributed by atoms with E-state index in [0.717, 1.165) is 11.1 Å². The molecule has 0 radical (unpaired) electrons. The molecule has 0 spiro atoms. The van der Waals surface area contributed by atoms with Crippen molar-refractivity contribution >= 4 is 36.9 Å². The van der Waals surface area contributed by atoms with Crippen LogP contribution in [-0.2, 0) is 17.9 Å². The topological polar surface area (TPSA) is 108 Å². The highest BCUT2D eigenvalue weighted by molar-refractivity contribution is 7.59.